The lowest BCUT2D eigenvalue weighted by Crippen LogP contribution is -2.21. The van der Waals surface area contributed by atoms with Crippen LogP contribution in [0.1, 0.15) is 35.2 Å². The predicted molar refractivity (Wildman–Crippen MR) is 471 cm³/mol. The van der Waals surface area contributed by atoms with Crippen LogP contribution in [-0.4, -0.2) is 53.5 Å². The van der Waals surface area contributed by atoms with Crippen LogP contribution in [0.3, 0.4) is 0 Å². The number of nitrogen functional groups attached to an aromatic ring is 2. The Bertz CT molecular complexity index is 7030. The number of anilines is 6. The van der Waals surface area contributed by atoms with Crippen LogP contribution >= 0.6 is 91.3 Å². The Hall–Kier alpha value is -12.4. The smallest absolute Gasteiger partial charge is 0.399 e. The number of aryl methyl sites for hydroxylation is 2. The number of fused-ring (bicyclic) bond motifs is 9. The number of imidazole rings is 2. The minimum Gasteiger partial charge on any atom is -0.399 e. The SMILES string of the molecule is C.Cc1cccc(N)c1.Cn1c(=O)n(-c2cccc(C(F)(F)F)c2)c2c3cc(Br)ccc3ncc21.Nc1cnc2ccc(Br)cc2c1Nc1cccc(C(F)(F)F)c1.O=[N+]([O-])c1cnc2ccc(Br)cc2c1Cl.O=[N+]([O-])c1cnc2ccc(Br)cc2c1Nc1cccc(C(F)(F)F)c1.O=c1[nH]c2cnc3ccc(Br)cc3c2n1-c1cccc(C(F)(F)F)c1. The van der Waals surface area contributed by atoms with Crippen molar-refractivity contribution in [2.75, 3.05) is 22.1 Å². The highest BCUT2D eigenvalue weighted by molar-refractivity contribution is 9.11. The molecule has 0 aliphatic carbocycles. The average Bonchev–Trinajstić information content (AvgIpc) is 1.58. The number of alkyl halides is 12. The van der Waals surface area contributed by atoms with Crippen molar-refractivity contribution in [1.82, 2.24) is 43.6 Å². The molecule has 7 N–H and O–H groups in total. The second-order valence-electron chi connectivity index (χ2n) is 26.3. The number of aromatic nitrogens is 9. The van der Waals surface area contributed by atoms with E-state index < -0.39 is 68.2 Å². The molecule has 0 amide bonds. The predicted octanol–water partition coefficient (Wildman–Crippen LogP) is 26.1. The number of aromatic amines is 1. The first-order valence-electron chi connectivity index (χ1n) is 35.0. The molecule has 0 radical (unpaired) electrons. The largest absolute Gasteiger partial charge is 0.416 e. The molecule has 630 valence electrons. The van der Waals surface area contributed by atoms with Crippen molar-refractivity contribution in [3.8, 4) is 11.4 Å². The molecule has 17 aromatic rings. The fourth-order valence-electron chi connectivity index (χ4n) is 12.4. The molecule has 123 heavy (non-hydrogen) atoms. The molecule has 0 atom stereocenters. The van der Waals surface area contributed by atoms with Gasteiger partial charge >= 0.3 is 47.5 Å². The topological polar surface area (TPSA) is 292 Å². The molecule has 17 rings (SSSR count). The Balaban J connectivity index is 0.000000147. The quantitative estimate of drug-likeness (QED) is 0.0409. The average molecular weight is 2040 g/mol. The van der Waals surface area contributed by atoms with Gasteiger partial charge in [0.25, 0.3) is 0 Å². The number of hydrogen-bond donors (Lipinski definition) is 5. The molecule has 21 nitrogen and oxygen atoms in total. The van der Waals surface area contributed by atoms with E-state index in [2.05, 4.69) is 120 Å². The van der Waals surface area contributed by atoms with Crippen LogP contribution in [0.15, 0.2) is 275 Å². The summed E-state index contributed by atoms with van der Waals surface area (Å²) in [5.41, 5.74) is 15.5. The zero-order valence-electron chi connectivity index (χ0n) is 62.0. The van der Waals surface area contributed by atoms with E-state index in [1.165, 1.54) is 80.3 Å². The van der Waals surface area contributed by atoms with Crippen LogP contribution in [0.5, 0.6) is 0 Å². The molecular formula is C84H57Br5ClF12N15O6. The molecule has 0 saturated heterocycles. The van der Waals surface area contributed by atoms with Crippen molar-refractivity contribution in [2.45, 2.75) is 39.1 Å². The Kier molecular flexibility index (Phi) is 27.9. The molecule has 0 spiro atoms. The van der Waals surface area contributed by atoms with Crippen molar-refractivity contribution in [2.24, 2.45) is 7.05 Å². The molecule has 0 saturated carbocycles. The number of benzene rings is 10. The van der Waals surface area contributed by atoms with Crippen LogP contribution in [0.25, 0.3) is 88.0 Å². The van der Waals surface area contributed by atoms with E-state index in [0.717, 1.165) is 83.7 Å². The van der Waals surface area contributed by atoms with Gasteiger partial charge in [0.1, 0.15) is 23.1 Å². The van der Waals surface area contributed by atoms with Gasteiger partial charge in [0.05, 0.1) is 123 Å². The van der Waals surface area contributed by atoms with E-state index in [1.807, 2.05) is 49.4 Å². The summed E-state index contributed by atoms with van der Waals surface area (Å²) in [6, 6.07) is 53.1. The number of rotatable bonds is 8. The Labute approximate surface area is 733 Å². The van der Waals surface area contributed by atoms with E-state index in [9.17, 15) is 82.5 Å². The van der Waals surface area contributed by atoms with Gasteiger partial charge in [0.15, 0.2) is 0 Å². The van der Waals surface area contributed by atoms with Crippen LogP contribution in [0.4, 0.5) is 98.2 Å². The molecule has 7 aromatic heterocycles. The van der Waals surface area contributed by atoms with Crippen molar-refractivity contribution in [1.29, 1.82) is 0 Å². The zero-order chi connectivity index (χ0) is 88.2. The fourth-order valence-corrected chi connectivity index (χ4v) is 14.4. The molecule has 10 aromatic carbocycles. The minimum absolute atomic E-state index is 0. The molecule has 0 aliphatic heterocycles. The molecule has 0 fully saturated rings. The highest BCUT2D eigenvalue weighted by Crippen LogP contribution is 2.42. The van der Waals surface area contributed by atoms with Crippen LogP contribution < -0.4 is 33.5 Å². The maximum absolute atomic E-state index is 13.1. The minimum atomic E-state index is -4.51. The first-order chi connectivity index (χ1) is 57.6. The standard InChI is InChI=1S/C18H11BrF3N3O.C17H9BrF3N3O.C16H9BrF3N3O2.C16H11BrF3N3.C9H4BrClN2O2.C7H9N.CH4/c1-24-15-9-23-14-6-5-11(19)8-13(14)16(15)25(17(24)26)12-4-2-3-10(7-12)18(20,21)22;18-10-4-5-13-12(7-10)15-14(8-22-13)23-16(25)24(15)11-3-1-2-9(6-11)17(19,20)21;17-10-4-5-13-12(7-10)15(14(8-21-13)23(24)25)22-11-3-1-2-9(6-11)16(18,19)20;17-10-4-5-14-12(7-10)15(13(21)8-22-14)23-11-3-1-2-9(6-11)16(18,19)20;10-5-1-2-7-6(3-5)9(11)8(4-12-7)13(14)15;1-6-3-2-4-7(8)5-6;/h2-9H,1H3;1-8H,(H,23,25);1-8H,(H,21,22);1-8H,21H2,(H,22,23);1-4H;2-5H,8H2,1H3;1H4. The van der Waals surface area contributed by atoms with Crippen molar-refractivity contribution in [3.05, 3.63) is 340 Å². The Morgan fingerprint density at radius 3 is 1.26 bits per heavy atom. The first-order valence-corrected chi connectivity index (χ1v) is 39.3. The van der Waals surface area contributed by atoms with Crippen LogP contribution in [-0.2, 0) is 31.8 Å². The van der Waals surface area contributed by atoms with E-state index in [4.69, 9.17) is 23.1 Å². The number of hydrogen-bond acceptors (Lipinski definition) is 15. The van der Waals surface area contributed by atoms with Gasteiger partial charge in [-0.15, -0.1) is 0 Å². The van der Waals surface area contributed by atoms with Gasteiger partial charge in [0.2, 0.25) is 0 Å². The van der Waals surface area contributed by atoms with Gasteiger partial charge in [-0.05, 0) is 188 Å². The van der Waals surface area contributed by atoms with Crippen molar-refractivity contribution in [3.63, 3.8) is 0 Å². The number of nitro groups is 2. The third-order valence-corrected chi connectivity index (χ3v) is 20.8. The number of pyridine rings is 5. The van der Waals surface area contributed by atoms with Crippen molar-refractivity contribution < 1.29 is 62.5 Å². The number of nitrogens with zero attached hydrogens (tertiary/aromatic N) is 10. The number of nitrogens with one attached hydrogen (secondary N) is 3. The molecule has 7 heterocycles. The summed E-state index contributed by atoms with van der Waals surface area (Å²) >= 11 is 22.6. The van der Waals surface area contributed by atoms with Gasteiger partial charge in [-0.3, -0.25) is 48.9 Å². The molecule has 0 bridgehead atoms. The fraction of sp³-hybridized carbons (Fsp3) is 0.0833. The third-order valence-electron chi connectivity index (χ3n) is 17.9. The van der Waals surface area contributed by atoms with Crippen LogP contribution in [0.2, 0.25) is 5.02 Å². The van der Waals surface area contributed by atoms with Gasteiger partial charge < -0.3 is 27.1 Å². The maximum Gasteiger partial charge on any atom is 0.416 e. The summed E-state index contributed by atoms with van der Waals surface area (Å²) < 4.78 is 163. The summed E-state index contributed by atoms with van der Waals surface area (Å²) in [5, 5.41) is 30.8. The monoisotopic (exact) mass is 2030 g/mol. The number of nitrogens with two attached hydrogens (primary N) is 2. The third kappa shape index (κ3) is 21.4. The lowest BCUT2D eigenvalue weighted by atomic mass is 10.1. The lowest BCUT2D eigenvalue weighted by Gasteiger charge is -2.14. The Morgan fingerprint density at radius 2 is 0.805 bits per heavy atom. The molecular weight excluding hydrogens is 1980 g/mol. The highest BCUT2D eigenvalue weighted by Gasteiger charge is 2.35. The normalized spacial score (nSPS) is 11.4. The lowest BCUT2D eigenvalue weighted by molar-refractivity contribution is -0.384. The van der Waals surface area contributed by atoms with Gasteiger partial charge in [0, 0.05) is 73.4 Å². The van der Waals surface area contributed by atoms with Crippen LogP contribution in [0, 0.1) is 27.2 Å². The summed E-state index contributed by atoms with van der Waals surface area (Å²) in [6.45, 7) is 2.02. The van der Waals surface area contributed by atoms with E-state index in [-0.39, 0.29) is 46.6 Å². The first kappa shape index (κ1) is 91.4. The van der Waals surface area contributed by atoms with E-state index in [0.29, 0.717) is 92.7 Å². The summed E-state index contributed by atoms with van der Waals surface area (Å²) in [5.74, 6) is 0. The maximum atomic E-state index is 13.1. The zero-order valence-corrected chi connectivity index (χ0v) is 70.7. The second-order valence-corrected chi connectivity index (χ2v) is 31.2. The van der Waals surface area contributed by atoms with Gasteiger partial charge in [-0.1, -0.05) is 135 Å². The van der Waals surface area contributed by atoms with Crippen molar-refractivity contribution >= 4 is 213 Å². The van der Waals surface area contributed by atoms with E-state index in [1.54, 1.807) is 92.1 Å². The van der Waals surface area contributed by atoms with Gasteiger partial charge in [-0.2, -0.15) is 52.7 Å². The number of H-pyrrole nitrogens is 1. The summed E-state index contributed by atoms with van der Waals surface area (Å²) in [4.78, 5) is 69.4. The molecule has 39 heteroatoms. The molecule has 0 unspecified atom stereocenters. The second kappa shape index (κ2) is 37.5. The van der Waals surface area contributed by atoms with Gasteiger partial charge in [-0.25, -0.2) is 19.6 Å². The van der Waals surface area contributed by atoms with E-state index >= 15 is 0 Å². The molecule has 0 aliphatic rings. The highest BCUT2D eigenvalue weighted by atomic mass is 79.9. The number of halogens is 18. The summed E-state index contributed by atoms with van der Waals surface area (Å²) in [6.07, 6.45) is -11.1. The summed E-state index contributed by atoms with van der Waals surface area (Å²) in [7, 11) is 1.57. The Morgan fingerprint density at radius 1 is 0.431 bits per heavy atom.